The molecule has 1 aliphatic rings. The molecule has 0 radical (unpaired) electrons. The number of likely N-dealkylation sites (N-methyl/N-ethyl adjacent to an activating group) is 1. The highest BCUT2D eigenvalue weighted by Crippen LogP contribution is 2.24. The summed E-state index contributed by atoms with van der Waals surface area (Å²) in [7, 11) is 2.12. The summed E-state index contributed by atoms with van der Waals surface area (Å²) in [5.41, 5.74) is 1.26. The van der Waals surface area contributed by atoms with Crippen LogP contribution in [-0.2, 0) is 0 Å². The van der Waals surface area contributed by atoms with E-state index in [1.54, 1.807) is 10.6 Å². The smallest absolute Gasteiger partial charge is 0.166 e. The van der Waals surface area contributed by atoms with E-state index in [-0.39, 0.29) is 0 Å². The fourth-order valence-corrected chi connectivity index (χ4v) is 2.59. The zero-order valence-corrected chi connectivity index (χ0v) is 10.4. The molecule has 0 aliphatic carbocycles. The van der Waals surface area contributed by atoms with Crippen molar-refractivity contribution in [3.8, 4) is 0 Å². The largest absolute Gasteiger partial charge is 0.306 e. The minimum atomic E-state index is 0.378. The highest BCUT2D eigenvalue weighted by molar-refractivity contribution is 5.83. The van der Waals surface area contributed by atoms with E-state index < -0.39 is 0 Å². The Kier molecular flexibility index (Phi) is 2.83. The predicted octanol–water partition coefficient (Wildman–Crippen LogP) is 1.35. The van der Waals surface area contributed by atoms with Crippen molar-refractivity contribution < 1.29 is 4.79 Å². The van der Waals surface area contributed by atoms with E-state index in [1.165, 1.54) is 6.42 Å². The Morgan fingerprint density at radius 3 is 3.17 bits per heavy atom. The molecule has 0 N–H and O–H groups in total. The highest BCUT2D eigenvalue weighted by atomic mass is 16.1. The van der Waals surface area contributed by atoms with Crippen molar-refractivity contribution in [2.24, 2.45) is 0 Å². The lowest BCUT2D eigenvalue weighted by molar-refractivity contribution is 0.112. The first kappa shape index (κ1) is 11.3. The second-order valence-corrected chi connectivity index (χ2v) is 4.92. The summed E-state index contributed by atoms with van der Waals surface area (Å²) < 4.78 is 1.70. The molecule has 5 nitrogen and oxygen atoms in total. The van der Waals surface area contributed by atoms with Crippen LogP contribution in [0, 0.1) is 0 Å². The van der Waals surface area contributed by atoms with Gasteiger partial charge in [0.25, 0.3) is 0 Å². The van der Waals surface area contributed by atoms with Crippen molar-refractivity contribution in [3.05, 3.63) is 29.7 Å². The van der Waals surface area contributed by atoms with Crippen molar-refractivity contribution in [1.82, 2.24) is 19.5 Å². The van der Waals surface area contributed by atoms with Crippen LogP contribution in [0.25, 0.3) is 5.65 Å². The van der Waals surface area contributed by atoms with Crippen molar-refractivity contribution >= 4 is 11.9 Å². The first-order valence-corrected chi connectivity index (χ1v) is 6.27. The molecule has 2 aromatic rings. The lowest BCUT2D eigenvalue weighted by Gasteiger charge is -2.27. The van der Waals surface area contributed by atoms with Crippen LogP contribution in [0.5, 0.6) is 0 Å². The van der Waals surface area contributed by atoms with E-state index in [0.717, 1.165) is 31.6 Å². The zero-order valence-electron chi connectivity index (χ0n) is 10.4. The molecule has 0 amide bonds. The minimum Gasteiger partial charge on any atom is -0.306 e. The molecule has 18 heavy (non-hydrogen) atoms. The molecule has 0 saturated carbocycles. The second kappa shape index (κ2) is 4.49. The third kappa shape index (κ3) is 1.90. The van der Waals surface area contributed by atoms with Crippen LogP contribution in [0.15, 0.2) is 18.3 Å². The number of pyridine rings is 1. The Balaban J connectivity index is 2.00. The maximum absolute atomic E-state index is 11.0. The van der Waals surface area contributed by atoms with Gasteiger partial charge in [-0.1, -0.05) is 0 Å². The van der Waals surface area contributed by atoms with E-state index in [4.69, 9.17) is 0 Å². The number of carbonyl (C=O) groups excluding carboxylic acids is 1. The summed E-state index contributed by atoms with van der Waals surface area (Å²) in [4.78, 5) is 17.8. The third-order valence-electron chi connectivity index (χ3n) is 3.53. The van der Waals surface area contributed by atoms with Gasteiger partial charge in [-0.2, -0.15) is 5.10 Å². The second-order valence-electron chi connectivity index (χ2n) is 4.92. The summed E-state index contributed by atoms with van der Waals surface area (Å²) in [6.07, 6.45) is 4.97. The van der Waals surface area contributed by atoms with Crippen LogP contribution in [-0.4, -0.2) is 45.9 Å². The Hall–Kier alpha value is -1.75. The fourth-order valence-electron chi connectivity index (χ4n) is 2.59. The molecule has 3 heterocycles. The van der Waals surface area contributed by atoms with Crippen LogP contribution < -0.4 is 0 Å². The maximum Gasteiger partial charge on any atom is 0.166 e. The molecule has 0 bridgehead atoms. The van der Waals surface area contributed by atoms with E-state index >= 15 is 0 Å². The van der Waals surface area contributed by atoms with Gasteiger partial charge >= 0.3 is 0 Å². The fraction of sp³-hybridized carbons (Fsp3) is 0.462. The molecule has 1 fully saturated rings. The number of aldehydes is 1. The average molecular weight is 244 g/mol. The molecule has 1 unspecified atom stereocenters. The molecule has 2 aromatic heterocycles. The minimum absolute atomic E-state index is 0.378. The number of aromatic nitrogens is 3. The number of carbonyl (C=O) groups is 1. The molecule has 1 saturated heterocycles. The number of piperidine rings is 1. The van der Waals surface area contributed by atoms with Crippen LogP contribution >= 0.6 is 0 Å². The standard InChI is InChI=1S/C13H16N4O/c1-16-6-2-4-10(8-16)12-14-13-11(9-18)5-3-7-17(13)15-12/h3,5,7,9-10H,2,4,6,8H2,1H3. The summed E-state index contributed by atoms with van der Waals surface area (Å²) in [6, 6.07) is 3.59. The van der Waals surface area contributed by atoms with Gasteiger partial charge in [-0.15, -0.1) is 0 Å². The zero-order chi connectivity index (χ0) is 12.5. The van der Waals surface area contributed by atoms with Gasteiger partial charge in [-0.05, 0) is 38.6 Å². The van der Waals surface area contributed by atoms with Crippen LogP contribution in [0.3, 0.4) is 0 Å². The predicted molar refractivity (Wildman–Crippen MR) is 67.8 cm³/mol. The van der Waals surface area contributed by atoms with Crippen LogP contribution in [0.2, 0.25) is 0 Å². The lowest BCUT2D eigenvalue weighted by Crippen LogP contribution is -2.31. The van der Waals surface area contributed by atoms with E-state index in [0.29, 0.717) is 17.1 Å². The SMILES string of the molecule is CN1CCCC(c2nc3c(C=O)cccn3n2)C1. The van der Waals surface area contributed by atoms with Gasteiger partial charge in [0.05, 0.1) is 5.56 Å². The molecular weight excluding hydrogens is 228 g/mol. The highest BCUT2D eigenvalue weighted by Gasteiger charge is 2.23. The lowest BCUT2D eigenvalue weighted by atomic mass is 9.98. The number of fused-ring (bicyclic) bond motifs is 1. The summed E-state index contributed by atoms with van der Waals surface area (Å²) in [5, 5.41) is 4.50. The molecule has 3 rings (SSSR count). The van der Waals surface area contributed by atoms with Gasteiger partial charge in [0.2, 0.25) is 0 Å². The third-order valence-corrected chi connectivity index (χ3v) is 3.53. The summed E-state index contributed by atoms with van der Waals surface area (Å²) >= 11 is 0. The van der Waals surface area contributed by atoms with Gasteiger partial charge < -0.3 is 4.90 Å². The van der Waals surface area contributed by atoms with E-state index in [2.05, 4.69) is 22.0 Å². The van der Waals surface area contributed by atoms with Gasteiger partial charge in [0, 0.05) is 18.7 Å². The first-order valence-electron chi connectivity index (χ1n) is 6.27. The van der Waals surface area contributed by atoms with Crippen molar-refractivity contribution in [2.45, 2.75) is 18.8 Å². The van der Waals surface area contributed by atoms with Crippen molar-refractivity contribution in [3.63, 3.8) is 0 Å². The van der Waals surface area contributed by atoms with Crippen molar-refractivity contribution in [2.75, 3.05) is 20.1 Å². The quantitative estimate of drug-likeness (QED) is 0.748. The normalized spacial score (nSPS) is 21.3. The number of likely N-dealkylation sites (tertiary alicyclic amines) is 1. The van der Waals surface area contributed by atoms with Gasteiger partial charge in [-0.25, -0.2) is 9.50 Å². The maximum atomic E-state index is 11.0. The summed E-state index contributed by atoms with van der Waals surface area (Å²) in [5.74, 6) is 1.24. The Morgan fingerprint density at radius 1 is 1.50 bits per heavy atom. The number of hydrogen-bond acceptors (Lipinski definition) is 4. The Bertz CT molecular complexity index is 577. The summed E-state index contributed by atoms with van der Waals surface area (Å²) in [6.45, 7) is 2.14. The molecule has 1 atom stereocenters. The first-order chi connectivity index (χ1) is 8.78. The monoisotopic (exact) mass is 244 g/mol. The molecule has 5 heteroatoms. The van der Waals surface area contributed by atoms with E-state index in [1.807, 2.05) is 12.3 Å². The number of hydrogen-bond donors (Lipinski definition) is 0. The Labute approximate surface area is 105 Å². The molecule has 0 spiro atoms. The van der Waals surface area contributed by atoms with E-state index in [9.17, 15) is 4.79 Å². The van der Waals surface area contributed by atoms with Gasteiger partial charge in [0.1, 0.15) is 0 Å². The number of rotatable bonds is 2. The molecule has 94 valence electrons. The van der Waals surface area contributed by atoms with Crippen LogP contribution in [0.4, 0.5) is 0 Å². The number of nitrogens with zero attached hydrogens (tertiary/aromatic N) is 4. The molecule has 0 aromatic carbocycles. The van der Waals surface area contributed by atoms with Gasteiger partial charge in [-0.3, -0.25) is 4.79 Å². The van der Waals surface area contributed by atoms with Crippen LogP contribution in [0.1, 0.15) is 34.9 Å². The van der Waals surface area contributed by atoms with Gasteiger partial charge in [0.15, 0.2) is 17.8 Å². The topological polar surface area (TPSA) is 50.5 Å². The van der Waals surface area contributed by atoms with Crippen molar-refractivity contribution in [1.29, 1.82) is 0 Å². The average Bonchev–Trinajstić information content (AvgIpc) is 2.82. The molecular formula is C13H16N4O. The Morgan fingerprint density at radius 2 is 2.39 bits per heavy atom. The molecule has 1 aliphatic heterocycles.